The highest BCUT2D eigenvalue weighted by Gasteiger charge is 1.97. The summed E-state index contributed by atoms with van der Waals surface area (Å²) in [4.78, 5) is 0. The minimum Gasteiger partial charge on any atom is -0.324 e. The predicted molar refractivity (Wildman–Crippen MR) is 55.6 cm³/mol. The summed E-state index contributed by atoms with van der Waals surface area (Å²) in [6, 6.07) is 10.0. The van der Waals surface area contributed by atoms with Crippen LogP contribution in [0.3, 0.4) is 0 Å². The van der Waals surface area contributed by atoms with Crippen molar-refractivity contribution >= 4 is 12.4 Å². The molecule has 3 heteroatoms. The molecule has 0 spiro atoms. The fourth-order valence-electron chi connectivity index (χ4n) is 1.03. The predicted octanol–water partition coefficient (Wildman–Crippen LogP) is 2.19. The van der Waals surface area contributed by atoms with E-state index in [-0.39, 0.29) is 18.4 Å². The van der Waals surface area contributed by atoms with Gasteiger partial charge in [-0.2, -0.15) is 5.26 Å². The first-order valence-corrected chi connectivity index (χ1v) is 3.95. The van der Waals surface area contributed by atoms with Gasteiger partial charge in [-0.15, -0.1) is 12.4 Å². The normalized spacial score (nSPS) is 11.2. The maximum absolute atomic E-state index is 8.42. The van der Waals surface area contributed by atoms with Crippen molar-refractivity contribution in [1.29, 1.82) is 5.26 Å². The lowest BCUT2D eigenvalue weighted by Gasteiger charge is -2.04. The van der Waals surface area contributed by atoms with Gasteiger partial charge in [0.25, 0.3) is 0 Å². The zero-order valence-electron chi connectivity index (χ0n) is 7.53. The fraction of sp³-hybridized carbons (Fsp3) is 0.300. The molecule has 0 aliphatic carbocycles. The van der Waals surface area contributed by atoms with Crippen LogP contribution in [-0.4, -0.2) is 0 Å². The Labute approximate surface area is 84.8 Å². The molecule has 0 heterocycles. The Morgan fingerprint density at radius 3 is 2.31 bits per heavy atom. The average molecular weight is 197 g/mol. The summed E-state index contributed by atoms with van der Waals surface area (Å²) in [5.41, 5.74) is 7.82. The summed E-state index contributed by atoms with van der Waals surface area (Å²) in [6.07, 6.45) is 0.471. The lowest BCUT2D eigenvalue weighted by atomic mass is 10.1. The third-order valence-corrected chi connectivity index (χ3v) is 1.79. The number of nitrogens with zero attached hydrogens (tertiary/aromatic N) is 1. The minimum absolute atomic E-state index is 0. The Kier molecular flexibility index (Phi) is 5.13. The Hall–Kier alpha value is -1.04. The Morgan fingerprint density at radius 1 is 1.38 bits per heavy atom. The van der Waals surface area contributed by atoms with Gasteiger partial charge in [0, 0.05) is 6.04 Å². The van der Waals surface area contributed by atoms with Crippen LogP contribution in [0.5, 0.6) is 0 Å². The number of hydrogen-bond acceptors (Lipinski definition) is 2. The van der Waals surface area contributed by atoms with Crippen LogP contribution in [0.4, 0.5) is 0 Å². The zero-order chi connectivity index (χ0) is 8.97. The molecule has 1 atom stereocenters. The van der Waals surface area contributed by atoms with E-state index < -0.39 is 0 Å². The highest BCUT2D eigenvalue weighted by molar-refractivity contribution is 5.85. The van der Waals surface area contributed by atoms with Gasteiger partial charge in [-0.1, -0.05) is 24.3 Å². The number of rotatable bonds is 2. The molecule has 0 saturated carbocycles. The van der Waals surface area contributed by atoms with Crippen LogP contribution in [0.15, 0.2) is 24.3 Å². The topological polar surface area (TPSA) is 49.8 Å². The van der Waals surface area contributed by atoms with Crippen LogP contribution in [0.2, 0.25) is 0 Å². The third kappa shape index (κ3) is 3.45. The average Bonchev–Trinajstić information content (AvgIpc) is 2.06. The van der Waals surface area contributed by atoms with Crippen LogP contribution in [0.1, 0.15) is 24.1 Å². The first-order valence-electron chi connectivity index (χ1n) is 3.95. The maximum atomic E-state index is 8.42. The van der Waals surface area contributed by atoms with Gasteiger partial charge < -0.3 is 5.73 Å². The van der Waals surface area contributed by atoms with Gasteiger partial charge in [0.15, 0.2) is 0 Å². The van der Waals surface area contributed by atoms with Crippen molar-refractivity contribution < 1.29 is 0 Å². The molecule has 13 heavy (non-hydrogen) atoms. The molecule has 0 amide bonds. The molecular weight excluding hydrogens is 184 g/mol. The van der Waals surface area contributed by atoms with Crippen molar-refractivity contribution in [3.63, 3.8) is 0 Å². The molecule has 1 aromatic rings. The van der Waals surface area contributed by atoms with Gasteiger partial charge in [0.2, 0.25) is 0 Å². The van der Waals surface area contributed by atoms with Crippen molar-refractivity contribution in [2.24, 2.45) is 5.73 Å². The SMILES string of the molecule is C[C@H](N)c1ccc(CC#N)cc1.Cl. The standard InChI is InChI=1S/C10H12N2.ClH/c1-8(12)10-4-2-9(3-5-10)6-7-11;/h2-5,8H,6,12H2,1H3;1H/t8-;/m0./s1. The third-order valence-electron chi connectivity index (χ3n) is 1.79. The molecule has 0 aromatic heterocycles. The molecule has 2 N–H and O–H groups in total. The van der Waals surface area contributed by atoms with Gasteiger partial charge in [-0.25, -0.2) is 0 Å². The first kappa shape index (κ1) is 12.0. The first-order chi connectivity index (χ1) is 5.74. The zero-order valence-corrected chi connectivity index (χ0v) is 8.34. The van der Waals surface area contributed by atoms with Gasteiger partial charge >= 0.3 is 0 Å². The van der Waals surface area contributed by atoms with E-state index in [0.29, 0.717) is 6.42 Å². The molecule has 2 nitrogen and oxygen atoms in total. The highest BCUT2D eigenvalue weighted by atomic mass is 35.5. The Bertz CT molecular complexity index is 285. The molecule has 0 fully saturated rings. The van der Waals surface area contributed by atoms with Crippen molar-refractivity contribution in [1.82, 2.24) is 0 Å². The Balaban J connectivity index is 0.00000144. The lowest BCUT2D eigenvalue weighted by molar-refractivity contribution is 0.817. The fourth-order valence-corrected chi connectivity index (χ4v) is 1.03. The number of hydrogen-bond donors (Lipinski definition) is 1. The molecule has 0 unspecified atom stereocenters. The highest BCUT2D eigenvalue weighted by Crippen LogP contribution is 2.10. The van der Waals surface area contributed by atoms with Crippen molar-refractivity contribution in [3.8, 4) is 6.07 Å². The number of halogens is 1. The monoisotopic (exact) mass is 196 g/mol. The van der Waals surface area contributed by atoms with Gasteiger partial charge in [-0.3, -0.25) is 0 Å². The second kappa shape index (κ2) is 5.58. The van der Waals surface area contributed by atoms with Crippen LogP contribution in [0.25, 0.3) is 0 Å². The summed E-state index contributed by atoms with van der Waals surface area (Å²) in [7, 11) is 0. The van der Waals surface area contributed by atoms with E-state index >= 15 is 0 Å². The van der Waals surface area contributed by atoms with Crippen LogP contribution >= 0.6 is 12.4 Å². The number of nitrogens with two attached hydrogens (primary N) is 1. The largest absolute Gasteiger partial charge is 0.324 e. The number of nitriles is 1. The molecule has 0 aliphatic heterocycles. The van der Waals surface area contributed by atoms with Crippen LogP contribution < -0.4 is 5.73 Å². The summed E-state index contributed by atoms with van der Waals surface area (Å²) in [5, 5.41) is 8.42. The lowest BCUT2D eigenvalue weighted by Crippen LogP contribution is -2.04. The van der Waals surface area contributed by atoms with Crippen molar-refractivity contribution in [2.45, 2.75) is 19.4 Å². The molecular formula is C10H13ClN2. The molecule has 1 rings (SSSR count). The molecule has 0 bridgehead atoms. The van der Waals surface area contributed by atoms with E-state index in [1.54, 1.807) is 0 Å². The van der Waals surface area contributed by atoms with E-state index in [1.165, 1.54) is 0 Å². The van der Waals surface area contributed by atoms with Crippen molar-refractivity contribution in [2.75, 3.05) is 0 Å². The molecule has 0 radical (unpaired) electrons. The maximum Gasteiger partial charge on any atom is 0.0669 e. The van der Waals surface area contributed by atoms with E-state index in [2.05, 4.69) is 6.07 Å². The van der Waals surface area contributed by atoms with Gasteiger partial charge in [0.1, 0.15) is 0 Å². The van der Waals surface area contributed by atoms with E-state index in [9.17, 15) is 0 Å². The summed E-state index contributed by atoms with van der Waals surface area (Å²) in [5.74, 6) is 0. The van der Waals surface area contributed by atoms with Crippen LogP contribution in [0, 0.1) is 11.3 Å². The molecule has 1 aromatic carbocycles. The minimum atomic E-state index is 0. The molecule has 0 saturated heterocycles. The molecule has 0 aliphatic rings. The second-order valence-electron chi connectivity index (χ2n) is 2.87. The van der Waals surface area contributed by atoms with E-state index in [1.807, 2.05) is 31.2 Å². The van der Waals surface area contributed by atoms with Gasteiger partial charge in [-0.05, 0) is 18.1 Å². The van der Waals surface area contributed by atoms with Gasteiger partial charge in [0.05, 0.1) is 12.5 Å². The van der Waals surface area contributed by atoms with E-state index in [0.717, 1.165) is 11.1 Å². The molecule has 70 valence electrons. The summed E-state index contributed by atoms with van der Waals surface area (Å²) in [6.45, 7) is 1.94. The summed E-state index contributed by atoms with van der Waals surface area (Å²) < 4.78 is 0. The van der Waals surface area contributed by atoms with E-state index in [4.69, 9.17) is 11.0 Å². The second-order valence-corrected chi connectivity index (χ2v) is 2.87. The van der Waals surface area contributed by atoms with Crippen LogP contribution in [-0.2, 0) is 6.42 Å². The smallest absolute Gasteiger partial charge is 0.0669 e. The number of benzene rings is 1. The summed E-state index contributed by atoms with van der Waals surface area (Å²) >= 11 is 0. The quantitative estimate of drug-likeness (QED) is 0.789. The Morgan fingerprint density at radius 2 is 1.92 bits per heavy atom. The van der Waals surface area contributed by atoms with Crippen molar-refractivity contribution in [3.05, 3.63) is 35.4 Å².